The largest absolute Gasteiger partial charge is 0.321 e. The Morgan fingerprint density at radius 3 is 2.78 bits per heavy atom. The number of amides is 1. The van der Waals surface area contributed by atoms with Gasteiger partial charge in [-0.25, -0.2) is 0 Å². The third kappa shape index (κ3) is 2.25. The van der Waals surface area contributed by atoms with Crippen molar-refractivity contribution in [1.29, 1.82) is 0 Å². The van der Waals surface area contributed by atoms with E-state index in [1.807, 2.05) is 13.8 Å². The zero-order chi connectivity index (χ0) is 13.3. The predicted octanol–water partition coefficient (Wildman–Crippen LogP) is 0.399. The Hall–Kier alpha value is -2.15. The van der Waals surface area contributed by atoms with Gasteiger partial charge in [-0.1, -0.05) is 0 Å². The minimum atomic E-state index is -0.743. The van der Waals surface area contributed by atoms with Gasteiger partial charge in [0.1, 0.15) is 6.04 Å². The second kappa shape index (κ2) is 4.61. The van der Waals surface area contributed by atoms with Crippen LogP contribution in [0.4, 0.5) is 5.69 Å². The van der Waals surface area contributed by atoms with Crippen LogP contribution in [0.5, 0.6) is 0 Å². The van der Waals surface area contributed by atoms with Gasteiger partial charge in [0.05, 0.1) is 23.3 Å². The summed E-state index contributed by atoms with van der Waals surface area (Å²) < 4.78 is 1.61. The molecule has 0 aromatic carbocycles. The van der Waals surface area contributed by atoms with Gasteiger partial charge < -0.3 is 11.1 Å². The van der Waals surface area contributed by atoms with Crippen molar-refractivity contribution in [3.63, 3.8) is 0 Å². The summed E-state index contributed by atoms with van der Waals surface area (Å²) in [7, 11) is 1.78. The zero-order valence-electron chi connectivity index (χ0n) is 10.6. The number of aromatic nitrogens is 4. The first kappa shape index (κ1) is 12.3. The molecule has 0 aliphatic heterocycles. The van der Waals surface area contributed by atoms with Crippen molar-refractivity contribution in [3.05, 3.63) is 29.3 Å². The summed E-state index contributed by atoms with van der Waals surface area (Å²) in [6, 6.07) is -0.743. The molecule has 2 rings (SSSR count). The van der Waals surface area contributed by atoms with Crippen molar-refractivity contribution >= 4 is 11.6 Å². The lowest BCUT2D eigenvalue weighted by Gasteiger charge is -2.10. The molecule has 1 atom stereocenters. The Balaban J connectivity index is 2.13. The molecule has 0 fully saturated rings. The first-order valence-electron chi connectivity index (χ1n) is 5.55. The fourth-order valence-electron chi connectivity index (χ4n) is 1.69. The number of nitrogens with zero attached hydrogens (tertiary/aromatic N) is 3. The average Bonchev–Trinajstić information content (AvgIpc) is 2.89. The van der Waals surface area contributed by atoms with Crippen molar-refractivity contribution in [3.8, 4) is 0 Å². The lowest BCUT2D eigenvalue weighted by molar-refractivity contribution is -0.117. The molecule has 0 saturated heterocycles. The minimum absolute atomic E-state index is 0.282. The second-order valence-electron chi connectivity index (χ2n) is 4.22. The fraction of sp³-hybridized carbons (Fsp3) is 0.364. The van der Waals surface area contributed by atoms with E-state index < -0.39 is 6.04 Å². The van der Waals surface area contributed by atoms with E-state index in [1.165, 1.54) is 0 Å². The summed E-state index contributed by atoms with van der Waals surface area (Å²) in [4.78, 5) is 12.0. The van der Waals surface area contributed by atoms with Crippen LogP contribution in [0.25, 0.3) is 0 Å². The van der Waals surface area contributed by atoms with Crippen LogP contribution in [0, 0.1) is 13.8 Å². The zero-order valence-corrected chi connectivity index (χ0v) is 10.6. The molecule has 4 N–H and O–H groups in total. The van der Waals surface area contributed by atoms with E-state index in [0.717, 1.165) is 11.4 Å². The van der Waals surface area contributed by atoms with E-state index in [2.05, 4.69) is 20.6 Å². The van der Waals surface area contributed by atoms with E-state index in [-0.39, 0.29) is 5.91 Å². The number of carbonyl (C=O) groups excluding carboxylic acids is 1. The van der Waals surface area contributed by atoms with Gasteiger partial charge in [0.2, 0.25) is 5.91 Å². The average molecular weight is 248 g/mol. The maximum Gasteiger partial charge on any atom is 0.246 e. The minimum Gasteiger partial charge on any atom is -0.321 e. The summed E-state index contributed by atoms with van der Waals surface area (Å²) in [5, 5.41) is 13.6. The molecule has 2 aromatic rings. The quantitative estimate of drug-likeness (QED) is 0.731. The van der Waals surface area contributed by atoms with Crippen LogP contribution in [0.2, 0.25) is 0 Å². The van der Waals surface area contributed by atoms with Gasteiger partial charge in [-0.2, -0.15) is 10.2 Å². The molecular formula is C11H16N6O. The maximum atomic E-state index is 12.0. The molecule has 0 radical (unpaired) electrons. The maximum absolute atomic E-state index is 12.0. The molecule has 96 valence electrons. The molecule has 2 heterocycles. The first-order chi connectivity index (χ1) is 8.49. The lowest BCUT2D eigenvalue weighted by atomic mass is 10.1. The van der Waals surface area contributed by atoms with E-state index in [0.29, 0.717) is 11.3 Å². The lowest BCUT2D eigenvalue weighted by Crippen LogP contribution is -2.27. The SMILES string of the molecule is Cc1n[nH]c(C)c1NC(=O)C(N)c1cnn(C)c1. The highest BCUT2D eigenvalue weighted by Crippen LogP contribution is 2.18. The molecule has 1 unspecified atom stereocenters. The van der Waals surface area contributed by atoms with Crippen molar-refractivity contribution in [2.75, 3.05) is 5.32 Å². The smallest absolute Gasteiger partial charge is 0.246 e. The summed E-state index contributed by atoms with van der Waals surface area (Å²) >= 11 is 0. The van der Waals surface area contributed by atoms with Crippen molar-refractivity contribution in [2.45, 2.75) is 19.9 Å². The van der Waals surface area contributed by atoms with Crippen LogP contribution in [-0.2, 0) is 11.8 Å². The van der Waals surface area contributed by atoms with Crippen LogP contribution >= 0.6 is 0 Å². The van der Waals surface area contributed by atoms with Gasteiger partial charge in [-0.3, -0.25) is 14.6 Å². The molecule has 1 amide bonds. The van der Waals surface area contributed by atoms with Gasteiger partial charge in [0, 0.05) is 18.8 Å². The van der Waals surface area contributed by atoms with E-state index in [4.69, 9.17) is 5.73 Å². The molecule has 0 saturated carbocycles. The van der Waals surface area contributed by atoms with Crippen molar-refractivity contribution < 1.29 is 4.79 Å². The first-order valence-corrected chi connectivity index (χ1v) is 5.55. The summed E-state index contributed by atoms with van der Waals surface area (Å²) in [6.07, 6.45) is 3.30. The number of carbonyl (C=O) groups is 1. The topological polar surface area (TPSA) is 102 Å². The van der Waals surface area contributed by atoms with Crippen LogP contribution in [0.15, 0.2) is 12.4 Å². The van der Waals surface area contributed by atoms with Crippen LogP contribution in [0.1, 0.15) is 23.0 Å². The highest BCUT2D eigenvalue weighted by molar-refractivity contribution is 5.96. The molecule has 0 bridgehead atoms. The number of nitrogens with one attached hydrogen (secondary N) is 2. The molecular weight excluding hydrogens is 232 g/mol. The summed E-state index contributed by atoms with van der Waals surface area (Å²) in [6.45, 7) is 3.65. The number of nitrogens with two attached hydrogens (primary N) is 1. The molecule has 2 aromatic heterocycles. The van der Waals surface area contributed by atoms with Crippen molar-refractivity contribution in [1.82, 2.24) is 20.0 Å². The summed E-state index contributed by atoms with van der Waals surface area (Å²) in [5.74, 6) is -0.282. The van der Waals surface area contributed by atoms with Gasteiger partial charge >= 0.3 is 0 Å². The Morgan fingerprint density at radius 2 is 2.28 bits per heavy atom. The Morgan fingerprint density at radius 1 is 1.56 bits per heavy atom. The fourth-order valence-corrected chi connectivity index (χ4v) is 1.69. The van der Waals surface area contributed by atoms with Gasteiger partial charge in [0.25, 0.3) is 0 Å². The molecule has 0 aliphatic carbocycles. The number of aryl methyl sites for hydroxylation is 3. The van der Waals surface area contributed by atoms with Crippen LogP contribution in [-0.4, -0.2) is 25.9 Å². The number of anilines is 1. The normalized spacial score (nSPS) is 12.4. The van der Waals surface area contributed by atoms with Crippen LogP contribution in [0.3, 0.4) is 0 Å². The van der Waals surface area contributed by atoms with Gasteiger partial charge in [-0.15, -0.1) is 0 Å². The number of hydrogen-bond donors (Lipinski definition) is 3. The standard InChI is InChI=1S/C11H16N6O/c1-6-10(7(2)16-15-6)14-11(18)9(12)8-4-13-17(3)5-8/h4-5,9H,12H2,1-3H3,(H,14,18)(H,15,16). The Kier molecular flexibility index (Phi) is 3.15. The van der Waals surface area contributed by atoms with E-state index in [9.17, 15) is 4.79 Å². The monoisotopic (exact) mass is 248 g/mol. The third-order valence-corrected chi connectivity index (χ3v) is 2.74. The molecule has 7 nitrogen and oxygen atoms in total. The molecule has 7 heteroatoms. The highest BCUT2D eigenvalue weighted by atomic mass is 16.2. The number of H-pyrrole nitrogens is 1. The number of hydrogen-bond acceptors (Lipinski definition) is 4. The molecule has 18 heavy (non-hydrogen) atoms. The number of rotatable bonds is 3. The van der Waals surface area contributed by atoms with Crippen molar-refractivity contribution in [2.24, 2.45) is 12.8 Å². The third-order valence-electron chi connectivity index (χ3n) is 2.74. The number of aromatic amines is 1. The second-order valence-corrected chi connectivity index (χ2v) is 4.22. The van der Waals surface area contributed by atoms with Gasteiger partial charge in [0.15, 0.2) is 0 Å². The van der Waals surface area contributed by atoms with Crippen LogP contribution < -0.4 is 11.1 Å². The van der Waals surface area contributed by atoms with E-state index in [1.54, 1.807) is 24.1 Å². The predicted molar refractivity (Wildman–Crippen MR) is 66.8 cm³/mol. The summed E-state index contributed by atoms with van der Waals surface area (Å²) in [5.41, 5.74) is 8.77. The Labute approximate surface area is 104 Å². The van der Waals surface area contributed by atoms with Gasteiger partial charge in [-0.05, 0) is 13.8 Å². The van der Waals surface area contributed by atoms with E-state index >= 15 is 0 Å². The molecule has 0 aliphatic rings. The Bertz CT molecular complexity index is 550. The molecule has 0 spiro atoms. The highest BCUT2D eigenvalue weighted by Gasteiger charge is 2.19.